The van der Waals surface area contributed by atoms with Crippen LogP contribution in [0.15, 0.2) is 53.4 Å². The average Bonchev–Trinajstić information content (AvgIpc) is 2.69. The highest BCUT2D eigenvalue weighted by atomic mass is 32.2. The van der Waals surface area contributed by atoms with Crippen LogP contribution >= 0.6 is 0 Å². The number of rotatable bonds is 5. The Morgan fingerprint density at radius 1 is 1.00 bits per heavy atom. The van der Waals surface area contributed by atoms with Gasteiger partial charge in [0.15, 0.2) is 0 Å². The van der Waals surface area contributed by atoms with Gasteiger partial charge in [-0.1, -0.05) is 36.4 Å². The summed E-state index contributed by atoms with van der Waals surface area (Å²) in [6.45, 7) is 3.55. The minimum absolute atomic E-state index is 0.00226. The average molecular weight is 408 g/mol. The number of para-hydroxylation sites is 1. The van der Waals surface area contributed by atoms with Crippen molar-refractivity contribution in [1.82, 2.24) is 4.90 Å². The minimum Gasteiger partial charge on any atom is -0.367 e. The molecule has 1 saturated heterocycles. The lowest BCUT2D eigenvalue weighted by Gasteiger charge is -2.37. The van der Waals surface area contributed by atoms with Crippen LogP contribution in [-0.4, -0.2) is 51.2 Å². The molecule has 0 radical (unpaired) electrons. The van der Waals surface area contributed by atoms with E-state index in [2.05, 4.69) is 0 Å². The molecule has 0 bridgehead atoms. The Morgan fingerprint density at radius 3 is 2.25 bits per heavy atom. The molecule has 1 aliphatic rings. The number of hydrogen-bond donors (Lipinski definition) is 0. The number of nitrogens with zero attached hydrogens (tertiary/aromatic N) is 2. The summed E-state index contributed by atoms with van der Waals surface area (Å²) in [6.07, 6.45) is 0.309. The maximum atomic E-state index is 13.0. The molecule has 0 aromatic heterocycles. The third kappa shape index (κ3) is 4.16. The summed E-state index contributed by atoms with van der Waals surface area (Å²) >= 11 is 0. The van der Waals surface area contributed by atoms with Gasteiger partial charge < -0.3 is 9.80 Å². The number of anilines is 1. The summed E-state index contributed by atoms with van der Waals surface area (Å²) in [7, 11) is -4.69. The molecule has 28 heavy (non-hydrogen) atoms. The lowest BCUT2D eigenvalue weighted by molar-refractivity contribution is -0.130. The molecule has 1 aliphatic heterocycles. The van der Waals surface area contributed by atoms with Gasteiger partial charge in [-0.2, -0.15) is 8.78 Å². The Morgan fingerprint density at radius 2 is 1.61 bits per heavy atom. The highest BCUT2D eigenvalue weighted by Gasteiger charge is 2.31. The van der Waals surface area contributed by atoms with Crippen molar-refractivity contribution in [2.24, 2.45) is 0 Å². The lowest BCUT2D eigenvalue weighted by Crippen LogP contribution is -2.49. The molecule has 5 nitrogen and oxygen atoms in total. The molecule has 1 heterocycles. The zero-order valence-electron chi connectivity index (χ0n) is 15.5. The number of hydrogen-bond acceptors (Lipinski definition) is 4. The molecule has 8 heteroatoms. The van der Waals surface area contributed by atoms with Gasteiger partial charge in [-0.15, -0.1) is 0 Å². The molecule has 1 amide bonds. The number of alkyl halides is 2. The number of carbonyl (C=O) groups is 1. The molecule has 2 aromatic rings. The number of sulfone groups is 1. The maximum absolute atomic E-state index is 13.0. The summed E-state index contributed by atoms with van der Waals surface area (Å²) < 4.78 is 49.9. The van der Waals surface area contributed by atoms with Crippen LogP contribution in [-0.2, 0) is 21.1 Å². The van der Waals surface area contributed by atoms with Crippen LogP contribution in [0.2, 0.25) is 0 Å². The first kappa shape index (κ1) is 20.3. The second kappa shape index (κ2) is 8.26. The zero-order valence-corrected chi connectivity index (χ0v) is 16.3. The molecule has 0 N–H and O–H groups in total. The van der Waals surface area contributed by atoms with E-state index in [-0.39, 0.29) is 16.5 Å². The first-order chi connectivity index (χ1) is 13.3. The van der Waals surface area contributed by atoms with E-state index in [1.54, 1.807) is 15.9 Å². The third-order valence-corrected chi connectivity index (χ3v) is 6.41. The normalized spacial score (nSPS) is 15.1. The summed E-state index contributed by atoms with van der Waals surface area (Å²) in [5.74, 6) is -3.46. The van der Waals surface area contributed by atoms with E-state index >= 15 is 0 Å². The minimum atomic E-state index is -4.69. The van der Waals surface area contributed by atoms with E-state index in [0.717, 1.165) is 11.1 Å². The quantitative estimate of drug-likeness (QED) is 0.764. The summed E-state index contributed by atoms with van der Waals surface area (Å²) in [6, 6.07) is 13.5. The molecule has 0 unspecified atom stereocenters. The molecular formula is C20H22F2N2O3S. The largest absolute Gasteiger partial charge is 0.367 e. The smallest absolute Gasteiger partial charge is 0.341 e. The van der Waals surface area contributed by atoms with Gasteiger partial charge in [0.25, 0.3) is 0 Å². The number of amides is 1. The van der Waals surface area contributed by atoms with Crippen LogP contribution < -0.4 is 4.90 Å². The molecular weight excluding hydrogens is 386 g/mol. The number of benzene rings is 2. The molecule has 0 atom stereocenters. The number of carbonyl (C=O) groups excluding carboxylic acids is 1. The van der Waals surface area contributed by atoms with Crippen LogP contribution in [0.4, 0.5) is 14.5 Å². The summed E-state index contributed by atoms with van der Waals surface area (Å²) in [5.41, 5.74) is 2.29. The molecule has 3 rings (SSSR count). The van der Waals surface area contributed by atoms with E-state index < -0.39 is 15.6 Å². The molecule has 0 saturated carbocycles. The molecule has 150 valence electrons. The van der Waals surface area contributed by atoms with E-state index in [4.69, 9.17) is 0 Å². The highest BCUT2D eigenvalue weighted by molar-refractivity contribution is 7.91. The Bertz CT molecular complexity index is 955. The van der Waals surface area contributed by atoms with Crippen molar-refractivity contribution in [1.29, 1.82) is 0 Å². The standard InChI is InChI=1S/C20H22F2N2O3S/c1-15-6-2-3-7-16(15)14-19(25)24-12-10-23(11-13-24)17-8-4-5-9-18(17)28(26,27)20(21)22/h2-9,20H,10-14H2,1H3. The Kier molecular flexibility index (Phi) is 5.98. The summed E-state index contributed by atoms with van der Waals surface area (Å²) in [5, 5.41) is 0. The maximum Gasteiger partial charge on any atom is 0.341 e. The van der Waals surface area contributed by atoms with Crippen LogP contribution in [0.3, 0.4) is 0 Å². The fraction of sp³-hybridized carbons (Fsp3) is 0.350. The third-order valence-electron chi connectivity index (χ3n) is 4.98. The lowest BCUT2D eigenvalue weighted by atomic mass is 10.1. The number of halogens is 2. The van der Waals surface area contributed by atoms with Crippen molar-refractivity contribution in [3.8, 4) is 0 Å². The van der Waals surface area contributed by atoms with Gasteiger partial charge in [0.05, 0.1) is 17.0 Å². The van der Waals surface area contributed by atoms with Gasteiger partial charge in [-0.3, -0.25) is 4.79 Å². The van der Waals surface area contributed by atoms with Crippen molar-refractivity contribution >= 4 is 21.4 Å². The van der Waals surface area contributed by atoms with Gasteiger partial charge >= 0.3 is 5.76 Å². The van der Waals surface area contributed by atoms with E-state index in [1.165, 1.54) is 18.2 Å². The van der Waals surface area contributed by atoms with Crippen LogP contribution in [0.5, 0.6) is 0 Å². The molecule has 0 spiro atoms. The monoisotopic (exact) mass is 408 g/mol. The van der Waals surface area contributed by atoms with E-state index in [1.807, 2.05) is 31.2 Å². The van der Waals surface area contributed by atoms with Crippen LogP contribution in [0.25, 0.3) is 0 Å². The molecule has 2 aromatic carbocycles. The SMILES string of the molecule is Cc1ccccc1CC(=O)N1CCN(c2ccccc2S(=O)(=O)C(F)F)CC1. The van der Waals surface area contributed by atoms with Crippen molar-refractivity contribution in [3.05, 3.63) is 59.7 Å². The van der Waals surface area contributed by atoms with Gasteiger partial charge in [-0.25, -0.2) is 8.42 Å². The topological polar surface area (TPSA) is 57.7 Å². The highest BCUT2D eigenvalue weighted by Crippen LogP contribution is 2.29. The van der Waals surface area contributed by atoms with Crippen molar-refractivity contribution in [3.63, 3.8) is 0 Å². The van der Waals surface area contributed by atoms with Crippen LogP contribution in [0.1, 0.15) is 11.1 Å². The zero-order chi connectivity index (χ0) is 20.3. The number of piperazine rings is 1. The second-order valence-corrected chi connectivity index (χ2v) is 8.63. The van der Waals surface area contributed by atoms with E-state index in [9.17, 15) is 22.0 Å². The summed E-state index contributed by atoms with van der Waals surface area (Å²) in [4.78, 5) is 15.7. The second-order valence-electron chi connectivity index (χ2n) is 6.74. The molecule has 0 aliphatic carbocycles. The van der Waals surface area contributed by atoms with Crippen molar-refractivity contribution in [2.75, 3.05) is 31.1 Å². The first-order valence-electron chi connectivity index (χ1n) is 8.99. The predicted molar refractivity (Wildman–Crippen MR) is 103 cm³/mol. The van der Waals surface area contributed by atoms with Crippen LogP contribution in [0, 0.1) is 6.92 Å². The predicted octanol–water partition coefficient (Wildman–Crippen LogP) is 2.88. The van der Waals surface area contributed by atoms with Gasteiger partial charge in [0, 0.05) is 26.2 Å². The Labute approximate surface area is 163 Å². The van der Waals surface area contributed by atoms with Gasteiger partial charge in [0.1, 0.15) is 0 Å². The van der Waals surface area contributed by atoms with E-state index in [0.29, 0.717) is 32.6 Å². The van der Waals surface area contributed by atoms with Gasteiger partial charge in [0.2, 0.25) is 15.7 Å². The fourth-order valence-electron chi connectivity index (χ4n) is 3.33. The first-order valence-corrected chi connectivity index (χ1v) is 10.5. The molecule has 1 fully saturated rings. The number of aryl methyl sites for hydroxylation is 1. The Balaban J connectivity index is 1.70. The van der Waals surface area contributed by atoms with Crippen molar-refractivity contribution in [2.45, 2.75) is 24.0 Å². The van der Waals surface area contributed by atoms with Gasteiger partial charge in [-0.05, 0) is 30.2 Å². The fourth-order valence-corrected chi connectivity index (χ4v) is 4.28. The van der Waals surface area contributed by atoms with Crippen molar-refractivity contribution < 1.29 is 22.0 Å². The Hall–Kier alpha value is -2.48.